The molecule has 0 radical (unpaired) electrons. The molecule has 1 N–H and O–H groups in total. The zero-order chi connectivity index (χ0) is 15.9. The van der Waals surface area contributed by atoms with E-state index in [4.69, 9.17) is 9.84 Å². The van der Waals surface area contributed by atoms with Crippen molar-refractivity contribution in [3.63, 3.8) is 0 Å². The molecule has 22 heavy (non-hydrogen) atoms. The van der Waals surface area contributed by atoms with Gasteiger partial charge in [0.05, 0.1) is 12.5 Å². The fraction of sp³-hybridized carbons (Fsp3) is 0.500. The average molecular weight is 309 g/mol. The summed E-state index contributed by atoms with van der Waals surface area (Å²) in [5.74, 6) is -1.26. The standard InChI is InChI=1S/C16H20FNO4/c17-13-5-1-6-14(10-13)22-9-3-7-15(19)18-8-2-4-12(11-18)16(20)21/h1,5-6,10,12H,2-4,7-9,11H2,(H,20,21). The lowest BCUT2D eigenvalue weighted by Crippen LogP contribution is -2.42. The number of rotatable bonds is 6. The van der Waals surface area contributed by atoms with Gasteiger partial charge in [0.2, 0.25) is 5.91 Å². The van der Waals surface area contributed by atoms with Crippen LogP contribution in [-0.2, 0) is 9.59 Å². The van der Waals surface area contributed by atoms with Gasteiger partial charge in [0.15, 0.2) is 0 Å². The van der Waals surface area contributed by atoms with Gasteiger partial charge in [0.1, 0.15) is 11.6 Å². The summed E-state index contributed by atoms with van der Waals surface area (Å²) in [5.41, 5.74) is 0. The molecule has 1 aliphatic rings. The molecule has 1 amide bonds. The molecule has 0 bridgehead atoms. The Hall–Kier alpha value is -2.11. The van der Waals surface area contributed by atoms with Crippen molar-refractivity contribution in [1.29, 1.82) is 0 Å². The van der Waals surface area contributed by atoms with Gasteiger partial charge in [-0.1, -0.05) is 6.07 Å². The van der Waals surface area contributed by atoms with Gasteiger partial charge in [-0.15, -0.1) is 0 Å². The lowest BCUT2D eigenvalue weighted by atomic mass is 9.98. The van der Waals surface area contributed by atoms with Crippen molar-refractivity contribution >= 4 is 11.9 Å². The molecule has 1 aromatic carbocycles. The molecule has 1 saturated heterocycles. The molecule has 1 fully saturated rings. The van der Waals surface area contributed by atoms with Crippen molar-refractivity contribution in [1.82, 2.24) is 4.90 Å². The van der Waals surface area contributed by atoms with Crippen LogP contribution in [0.2, 0.25) is 0 Å². The van der Waals surface area contributed by atoms with E-state index < -0.39 is 11.9 Å². The quantitative estimate of drug-likeness (QED) is 0.819. The van der Waals surface area contributed by atoms with Crippen molar-refractivity contribution in [3.8, 4) is 5.75 Å². The number of hydrogen-bond acceptors (Lipinski definition) is 3. The zero-order valence-corrected chi connectivity index (χ0v) is 12.3. The van der Waals surface area contributed by atoms with E-state index in [1.807, 2.05) is 0 Å². The summed E-state index contributed by atoms with van der Waals surface area (Å²) in [7, 11) is 0. The highest BCUT2D eigenvalue weighted by Gasteiger charge is 2.27. The maximum absolute atomic E-state index is 13.0. The first-order valence-electron chi connectivity index (χ1n) is 7.45. The van der Waals surface area contributed by atoms with Gasteiger partial charge in [0.25, 0.3) is 0 Å². The molecule has 1 heterocycles. The average Bonchev–Trinajstić information content (AvgIpc) is 2.51. The Labute approximate surface area is 128 Å². The van der Waals surface area contributed by atoms with Crippen molar-refractivity contribution in [3.05, 3.63) is 30.1 Å². The summed E-state index contributed by atoms with van der Waals surface area (Å²) in [6.45, 7) is 1.23. The van der Waals surface area contributed by atoms with E-state index in [0.717, 1.165) is 6.42 Å². The van der Waals surface area contributed by atoms with Crippen LogP contribution in [0.4, 0.5) is 4.39 Å². The normalized spacial score (nSPS) is 18.0. The third-order valence-electron chi connectivity index (χ3n) is 3.72. The van der Waals surface area contributed by atoms with Gasteiger partial charge in [-0.25, -0.2) is 4.39 Å². The summed E-state index contributed by atoms with van der Waals surface area (Å²) in [6.07, 6.45) is 2.18. The summed E-state index contributed by atoms with van der Waals surface area (Å²) < 4.78 is 18.3. The molecule has 1 aromatic rings. The molecule has 0 aromatic heterocycles. The molecule has 5 nitrogen and oxygen atoms in total. The second-order valence-corrected chi connectivity index (χ2v) is 5.43. The van der Waals surface area contributed by atoms with E-state index in [2.05, 4.69) is 0 Å². The predicted octanol–water partition coefficient (Wildman–Crippen LogP) is 2.31. The van der Waals surface area contributed by atoms with E-state index in [1.54, 1.807) is 17.0 Å². The number of piperidine rings is 1. The number of carboxylic acid groups (broad SMARTS) is 1. The van der Waals surface area contributed by atoms with Crippen molar-refractivity contribution in [2.45, 2.75) is 25.7 Å². The lowest BCUT2D eigenvalue weighted by Gasteiger charge is -2.30. The number of ether oxygens (including phenoxy) is 1. The maximum Gasteiger partial charge on any atom is 0.308 e. The summed E-state index contributed by atoms with van der Waals surface area (Å²) in [6, 6.07) is 5.86. The molecule has 2 rings (SSSR count). The van der Waals surface area contributed by atoms with E-state index in [0.29, 0.717) is 44.7 Å². The van der Waals surface area contributed by atoms with Crippen LogP contribution in [0.15, 0.2) is 24.3 Å². The van der Waals surface area contributed by atoms with Gasteiger partial charge in [-0.05, 0) is 31.4 Å². The SMILES string of the molecule is O=C(O)C1CCCN(C(=O)CCCOc2cccc(F)c2)C1. The highest BCUT2D eigenvalue weighted by molar-refractivity contribution is 5.78. The Morgan fingerprint density at radius 1 is 1.41 bits per heavy atom. The van der Waals surface area contributed by atoms with E-state index >= 15 is 0 Å². The van der Waals surface area contributed by atoms with Crippen molar-refractivity contribution in [2.24, 2.45) is 5.92 Å². The number of amides is 1. The van der Waals surface area contributed by atoms with Crippen LogP contribution in [0.25, 0.3) is 0 Å². The zero-order valence-electron chi connectivity index (χ0n) is 12.3. The molecule has 0 saturated carbocycles. The van der Waals surface area contributed by atoms with Crippen LogP contribution in [0, 0.1) is 11.7 Å². The van der Waals surface area contributed by atoms with Gasteiger partial charge in [-0.3, -0.25) is 9.59 Å². The third kappa shape index (κ3) is 4.72. The van der Waals surface area contributed by atoms with Gasteiger partial charge >= 0.3 is 5.97 Å². The van der Waals surface area contributed by atoms with Crippen molar-refractivity contribution in [2.75, 3.05) is 19.7 Å². The number of carbonyl (C=O) groups excluding carboxylic acids is 1. The van der Waals surface area contributed by atoms with Crippen LogP contribution in [0.1, 0.15) is 25.7 Å². The lowest BCUT2D eigenvalue weighted by molar-refractivity contribution is -0.145. The Balaban J connectivity index is 1.70. The number of carbonyl (C=O) groups is 2. The summed E-state index contributed by atoms with van der Waals surface area (Å²) in [4.78, 5) is 24.6. The minimum Gasteiger partial charge on any atom is -0.493 e. The fourth-order valence-electron chi connectivity index (χ4n) is 2.53. The molecule has 0 aliphatic carbocycles. The van der Waals surface area contributed by atoms with Gasteiger partial charge in [0, 0.05) is 25.6 Å². The van der Waals surface area contributed by atoms with Crippen LogP contribution < -0.4 is 4.74 Å². The number of aliphatic carboxylic acids is 1. The first kappa shape index (κ1) is 16.3. The minimum atomic E-state index is -0.841. The number of nitrogens with zero attached hydrogens (tertiary/aromatic N) is 1. The van der Waals surface area contributed by atoms with Crippen LogP contribution in [0.5, 0.6) is 5.75 Å². The molecular weight excluding hydrogens is 289 g/mol. The monoisotopic (exact) mass is 309 g/mol. The Kier molecular flexibility index (Phi) is 5.75. The Morgan fingerprint density at radius 2 is 2.23 bits per heavy atom. The van der Waals surface area contributed by atoms with Gasteiger partial charge < -0.3 is 14.7 Å². The van der Waals surface area contributed by atoms with E-state index in [-0.39, 0.29) is 11.7 Å². The molecule has 1 unspecified atom stereocenters. The molecule has 1 aliphatic heterocycles. The Bertz CT molecular complexity index is 535. The molecule has 0 spiro atoms. The second kappa shape index (κ2) is 7.77. The first-order valence-corrected chi connectivity index (χ1v) is 7.45. The topological polar surface area (TPSA) is 66.8 Å². The number of hydrogen-bond donors (Lipinski definition) is 1. The number of halogens is 1. The third-order valence-corrected chi connectivity index (χ3v) is 3.72. The molecule has 1 atom stereocenters. The van der Waals surface area contributed by atoms with Gasteiger partial charge in [-0.2, -0.15) is 0 Å². The predicted molar refractivity (Wildman–Crippen MR) is 78.1 cm³/mol. The maximum atomic E-state index is 13.0. The molecule has 6 heteroatoms. The van der Waals surface area contributed by atoms with Crippen LogP contribution in [-0.4, -0.2) is 41.6 Å². The number of likely N-dealkylation sites (tertiary alicyclic amines) is 1. The molecular formula is C16H20FNO4. The van der Waals surface area contributed by atoms with Crippen LogP contribution >= 0.6 is 0 Å². The van der Waals surface area contributed by atoms with E-state index in [9.17, 15) is 14.0 Å². The summed E-state index contributed by atoms with van der Waals surface area (Å²) >= 11 is 0. The smallest absolute Gasteiger partial charge is 0.308 e. The van der Waals surface area contributed by atoms with E-state index in [1.165, 1.54) is 12.1 Å². The Morgan fingerprint density at radius 3 is 2.95 bits per heavy atom. The second-order valence-electron chi connectivity index (χ2n) is 5.43. The highest BCUT2D eigenvalue weighted by Crippen LogP contribution is 2.18. The highest BCUT2D eigenvalue weighted by atomic mass is 19.1. The number of benzene rings is 1. The number of carboxylic acids is 1. The van der Waals surface area contributed by atoms with Crippen molar-refractivity contribution < 1.29 is 23.8 Å². The fourth-order valence-corrected chi connectivity index (χ4v) is 2.53. The first-order chi connectivity index (χ1) is 10.6. The van der Waals surface area contributed by atoms with Crippen LogP contribution in [0.3, 0.4) is 0 Å². The summed E-state index contributed by atoms with van der Waals surface area (Å²) in [5, 5.41) is 9.01. The largest absolute Gasteiger partial charge is 0.493 e. The minimum absolute atomic E-state index is 0.0474. The molecule has 120 valence electrons.